The summed E-state index contributed by atoms with van der Waals surface area (Å²) in [5.74, 6) is -1.46. The van der Waals surface area contributed by atoms with E-state index in [2.05, 4.69) is 10.1 Å². The van der Waals surface area contributed by atoms with Crippen LogP contribution in [0.3, 0.4) is 0 Å². The largest absolute Gasteiger partial charge is 0.458 e. The molecule has 2 N–H and O–H groups in total. The Hall–Kier alpha value is -3.37. The van der Waals surface area contributed by atoms with Gasteiger partial charge in [0.25, 0.3) is 11.5 Å². The molecule has 0 bridgehead atoms. The highest BCUT2D eigenvalue weighted by Crippen LogP contribution is 2.27. The Labute approximate surface area is 172 Å². The average molecular weight is 426 g/mol. The van der Waals surface area contributed by atoms with Gasteiger partial charge in [-0.25, -0.2) is 9.67 Å². The van der Waals surface area contributed by atoms with Gasteiger partial charge in [0.15, 0.2) is 5.69 Å². The minimum atomic E-state index is -0.785. The number of benzene rings is 1. The lowest BCUT2D eigenvalue weighted by Gasteiger charge is -2.09. The standard InChI is InChI=1S/C19H14N4O4S2/c20-17(25)16-12-4-1-2-5-13(12)19(26)23(22-16)8-15(24)27-9-11-10-29-18(21-11)14-6-3-7-28-14/h1-7,10H,8-9H2,(H2,20,25). The molecule has 0 saturated heterocycles. The fourth-order valence-corrected chi connectivity index (χ4v) is 4.35. The summed E-state index contributed by atoms with van der Waals surface area (Å²) in [6.07, 6.45) is 0. The molecule has 0 aliphatic carbocycles. The number of carbonyl (C=O) groups excluding carboxylic acids is 2. The van der Waals surface area contributed by atoms with Crippen LogP contribution in [0.5, 0.6) is 0 Å². The van der Waals surface area contributed by atoms with Gasteiger partial charge in [0.1, 0.15) is 18.2 Å². The molecular weight excluding hydrogens is 412 g/mol. The summed E-state index contributed by atoms with van der Waals surface area (Å²) in [5, 5.41) is 9.18. The van der Waals surface area contributed by atoms with Gasteiger partial charge in [-0.1, -0.05) is 24.3 Å². The molecule has 29 heavy (non-hydrogen) atoms. The second-order valence-corrected chi connectivity index (χ2v) is 7.81. The normalized spacial score (nSPS) is 10.9. The van der Waals surface area contributed by atoms with Crippen LogP contribution < -0.4 is 11.3 Å². The van der Waals surface area contributed by atoms with Gasteiger partial charge < -0.3 is 10.5 Å². The van der Waals surface area contributed by atoms with Crippen LogP contribution in [0.4, 0.5) is 0 Å². The van der Waals surface area contributed by atoms with Crippen molar-refractivity contribution >= 4 is 45.3 Å². The molecule has 146 valence electrons. The number of hydrogen-bond donors (Lipinski definition) is 1. The van der Waals surface area contributed by atoms with Gasteiger partial charge in [-0.3, -0.25) is 14.4 Å². The van der Waals surface area contributed by atoms with E-state index >= 15 is 0 Å². The molecule has 0 aliphatic rings. The third-order valence-corrected chi connectivity index (χ3v) is 5.97. The number of carbonyl (C=O) groups is 2. The maximum Gasteiger partial charge on any atom is 0.328 e. The number of primary amides is 1. The molecule has 0 radical (unpaired) electrons. The first-order valence-electron chi connectivity index (χ1n) is 8.46. The number of ether oxygens (including phenoxy) is 1. The van der Waals surface area contributed by atoms with Gasteiger partial charge in [-0.05, 0) is 17.5 Å². The first-order chi connectivity index (χ1) is 14.0. The monoisotopic (exact) mass is 426 g/mol. The second kappa shape index (κ2) is 7.94. The van der Waals surface area contributed by atoms with Crippen LogP contribution in [0, 0.1) is 0 Å². The highest BCUT2D eigenvalue weighted by Gasteiger charge is 2.17. The van der Waals surface area contributed by atoms with Crippen molar-refractivity contribution in [3.63, 3.8) is 0 Å². The molecule has 0 fully saturated rings. The lowest BCUT2D eigenvalue weighted by atomic mass is 10.1. The van der Waals surface area contributed by atoms with E-state index in [0.717, 1.165) is 14.6 Å². The SMILES string of the molecule is NC(=O)c1nn(CC(=O)OCc2csc(-c3cccs3)n2)c(=O)c2ccccc12. The third kappa shape index (κ3) is 3.93. The number of thiazole rings is 1. The Morgan fingerprint density at radius 1 is 1.10 bits per heavy atom. The van der Waals surface area contributed by atoms with E-state index in [1.54, 1.807) is 35.6 Å². The number of nitrogens with zero attached hydrogens (tertiary/aromatic N) is 3. The second-order valence-electron chi connectivity index (χ2n) is 6.00. The van der Waals surface area contributed by atoms with Gasteiger partial charge in [0.2, 0.25) is 0 Å². The van der Waals surface area contributed by atoms with Crippen molar-refractivity contribution < 1.29 is 14.3 Å². The van der Waals surface area contributed by atoms with Gasteiger partial charge in [-0.15, -0.1) is 22.7 Å². The summed E-state index contributed by atoms with van der Waals surface area (Å²) in [4.78, 5) is 42.0. The lowest BCUT2D eigenvalue weighted by Crippen LogP contribution is -2.31. The first-order valence-corrected chi connectivity index (χ1v) is 10.2. The summed E-state index contributed by atoms with van der Waals surface area (Å²) in [5.41, 5.74) is 5.40. The summed E-state index contributed by atoms with van der Waals surface area (Å²) in [6.45, 7) is -0.461. The van der Waals surface area contributed by atoms with E-state index in [0.29, 0.717) is 11.1 Å². The summed E-state index contributed by atoms with van der Waals surface area (Å²) in [7, 11) is 0. The van der Waals surface area contributed by atoms with Crippen LogP contribution in [0.25, 0.3) is 20.7 Å². The van der Waals surface area contributed by atoms with E-state index in [9.17, 15) is 14.4 Å². The van der Waals surface area contributed by atoms with E-state index in [1.807, 2.05) is 22.9 Å². The predicted octanol–water partition coefficient (Wildman–Crippen LogP) is 2.42. The van der Waals surface area contributed by atoms with Crippen LogP contribution in [0.2, 0.25) is 0 Å². The number of esters is 1. The number of amides is 1. The number of aromatic nitrogens is 3. The highest BCUT2D eigenvalue weighted by atomic mass is 32.1. The van der Waals surface area contributed by atoms with Crippen molar-refractivity contribution in [1.29, 1.82) is 0 Å². The maximum absolute atomic E-state index is 12.6. The molecule has 1 amide bonds. The van der Waals surface area contributed by atoms with Gasteiger partial charge in [0.05, 0.1) is 16.0 Å². The smallest absolute Gasteiger partial charge is 0.328 e. The van der Waals surface area contributed by atoms with Crippen LogP contribution in [-0.4, -0.2) is 26.6 Å². The van der Waals surface area contributed by atoms with Crippen LogP contribution in [0.15, 0.2) is 52.0 Å². The molecular formula is C19H14N4O4S2. The molecule has 0 spiro atoms. The summed E-state index contributed by atoms with van der Waals surface area (Å²) >= 11 is 3.04. The molecule has 3 heterocycles. The van der Waals surface area contributed by atoms with Crippen molar-refractivity contribution in [3.8, 4) is 9.88 Å². The minimum absolute atomic E-state index is 0.0221. The maximum atomic E-state index is 12.6. The Balaban J connectivity index is 1.50. The van der Waals surface area contributed by atoms with Gasteiger partial charge in [-0.2, -0.15) is 5.10 Å². The molecule has 4 rings (SSSR count). The Morgan fingerprint density at radius 3 is 2.62 bits per heavy atom. The molecule has 10 heteroatoms. The predicted molar refractivity (Wildman–Crippen MR) is 110 cm³/mol. The number of rotatable bonds is 6. The zero-order valence-corrected chi connectivity index (χ0v) is 16.5. The summed E-state index contributed by atoms with van der Waals surface area (Å²) < 4.78 is 6.11. The van der Waals surface area contributed by atoms with E-state index < -0.39 is 24.0 Å². The van der Waals surface area contributed by atoms with E-state index in [-0.39, 0.29) is 17.7 Å². The van der Waals surface area contributed by atoms with Crippen LogP contribution in [0.1, 0.15) is 16.2 Å². The molecule has 8 nitrogen and oxygen atoms in total. The molecule has 0 saturated carbocycles. The molecule has 3 aromatic heterocycles. The van der Waals surface area contributed by atoms with Crippen LogP contribution >= 0.6 is 22.7 Å². The third-order valence-electron chi connectivity index (χ3n) is 4.04. The van der Waals surface area contributed by atoms with E-state index in [1.165, 1.54) is 11.3 Å². The number of fused-ring (bicyclic) bond motifs is 1. The topological polar surface area (TPSA) is 117 Å². The van der Waals surface area contributed by atoms with E-state index in [4.69, 9.17) is 10.5 Å². The molecule has 1 aromatic carbocycles. The minimum Gasteiger partial charge on any atom is -0.458 e. The fourth-order valence-electron chi connectivity index (χ4n) is 2.73. The van der Waals surface area contributed by atoms with Gasteiger partial charge in [0, 0.05) is 10.8 Å². The highest BCUT2D eigenvalue weighted by molar-refractivity contribution is 7.20. The lowest BCUT2D eigenvalue weighted by molar-refractivity contribution is -0.146. The van der Waals surface area contributed by atoms with Crippen molar-refractivity contribution in [2.45, 2.75) is 13.2 Å². The zero-order chi connectivity index (χ0) is 20.4. The Morgan fingerprint density at radius 2 is 1.90 bits per heavy atom. The number of thiophene rings is 1. The van der Waals surface area contributed by atoms with Crippen molar-refractivity contribution in [2.24, 2.45) is 5.73 Å². The van der Waals surface area contributed by atoms with Crippen molar-refractivity contribution in [3.05, 3.63) is 68.9 Å². The molecule has 0 aliphatic heterocycles. The number of nitrogens with two attached hydrogens (primary N) is 1. The number of hydrogen-bond acceptors (Lipinski definition) is 8. The molecule has 0 atom stereocenters. The average Bonchev–Trinajstić information content (AvgIpc) is 3.40. The van der Waals surface area contributed by atoms with Crippen molar-refractivity contribution in [1.82, 2.24) is 14.8 Å². The Kier molecular flexibility index (Phi) is 5.19. The quantitative estimate of drug-likeness (QED) is 0.473. The van der Waals surface area contributed by atoms with Crippen LogP contribution in [-0.2, 0) is 22.7 Å². The Bertz CT molecular complexity index is 1260. The molecule has 4 aromatic rings. The first kappa shape index (κ1) is 19.0. The fraction of sp³-hybridized carbons (Fsp3) is 0.105. The van der Waals surface area contributed by atoms with Gasteiger partial charge >= 0.3 is 5.97 Å². The zero-order valence-electron chi connectivity index (χ0n) is 14.9. The summed E-state index contributed by atoms with van der Waals surface area (Å²) in [6, 6.07) is 10.4. The van der Waals surface area contributed by atoms with Crippen molar-refractivity contribution in [2.75, 3.05) is 0 Å². The molecule has 0 unspecified atom stereocenters.